The standard InChI is InChI=1S/C16H21N3O2/c1-19-7-8-21-11-12(10-19)9-18-16(20)14-4-2-3-13-5-6-17-15(13)14/h2-6,12,17H,7-11H2,1H3,(H,18,20)/t12-/m1/s1. The van der Waals surface area contributed by atoms with E-state index in [1.54, 1.807) is 0 Å². The predicted molar refractivity (Wildman–Crippen MR) is 82.4 cm³/mol. The van der Waals surface area contributed by atoms with Gasteiger partial charge in [-0.15, -0.1) is 0 Å². The molecule has 2 aromatic rings. The van der Waals surface area contributed by atoms with Gasteiger partial charge in [0.05, 0.1) is 24.3 Å². The molecule has 1 fully saturated rings. The van der Waals surface area contributed by atoms with Crippen LogP contribution in [0.5, 0.6) is 0 Å². The molecule has 0 saturated carbocycles. The summed E-state index contributed by atoms with van der Waals surface area (Å²) >= 11 is 0. The average Bonchev–Trinajstić information content (AvgIpc) is 2.87. The maximum atomic E-state index is 12.4. The number of nitrogens with one attached hydrogen (secondary N) is 2. The summed E-state index contributed by atoms with van der Waals surface area (Å²) < 4.78 is 5.57. The molecule has 112 valence electrons. The second kappa shape index (κ2) is 6.28. The third-order valence-electron chi connectivity index (χ3n) is 3.92. The summed E-state index contributed by atoms with van der Waals surface area (Å²) in [7, 11) is 2.09. The van der Waals surface area contributed by atoms with Crippen molar-refractivity contribution >= 4 is 16.8 Å². The molecule has 2 heterocycles. The first kappa shape index (κ1) is 14.1. The van der Waals surface area contributed by atoms with E-state index in [1.165, 1.54) is 0 Å². The molecule has 5 heteroatoms. The molecule has 1 aromatic heterocycles. The van der Waals surface area contributed by atoms with Crippen LogP contribution in [-0.2, 0) is 4.74 Å². The molecule has 0 bridgehead atoms. The van der Waals surface area contributed by atoms with E-state index in [1.807, 2.05) is 30.5 Å². The largest absolute Gasteiger partial charge is 0.380 e. The molecule has 0 spiro atoms. The zero-order valence-corrected chi connectivity index (χ0v) is 12.3. The SMILES string of the molecule is CN1CCOC[C@H](CNC(=O)c2cccc3cc[nH]c23)C1. The highest BCUT2D eigenvalue weighted by Gasteiger charge is 2.18. The number of para-hydroxylation sites is 1. The maximum Gasteiger partial charge on any atom is 0.253 e. The van der Waals surface area contributed by atoms with E-state index in [-0.39, 0.29) is 5.91 Å². The molecule has 1 amide bonds. The number of aromatic amines is 1. The van der Waals surface area contributed by atoms with E-state index < -0.39 is 0 Å². The lowest BCUT2D eigenvalue weighted by molar-refractivity contribution is 0.0923. The van der Waals surface area contributed by atoms with Gasteiger partial charge in [0, 0.05) is 37.1 Å². The minimum absolute atomic E-state index is 0.0325. The molecule has 1 saturated heterocycles. The van der Waals surface area contributed by atoms with E-state index >= 15 is 0 Å². The number of fused-ring (bicyclic) bond motifs is 1. The molecule has 0 radical (unpaired) electrons. The lowest BCUT2D eigenvalue weighted by Crippen LogP contribution is -2.35. The molecule has 1 aromatic carbocycles. The fourth-order valence-corrected chi connectivity index (χ4v) is 2.79. The van der Waals surface area contributed by atoms with E-state index in [2.05, 4.69) is 22.2 Å². The summed E-state index contributed by atoms with van der Waals surface area (Å²) in [4.78, 5) is 17.8. The van der Waals surface area contributed by atoms with Crippen LogP contribution in [0.1, 0.15) is 10.4 Å². The van der Waals surface area contributed by atoms with E-state index in [0.717, 1.165) is 30.6 Å². The zero-order chi connectivity index (χ0) is 14.7. The van der Waals surface area contributed by atoms with Gasteiger partial charge < -0.3 is 19.9 Å². The Balaban J connectivity index is 1.65. The fourth-order valence-electron chi connectivity index (χ4n) is 2.79. The van der Waals surface area contributed by atoms with Crippen molar-refractivity contribution in [2.24, 2.45) is 5.92 Å². The number of benzene rings is 1. The molecule has 3 rings (SSSR count). The van der Waals surface area contributed by atoms with Crippen molar-refractivity contribution in [3.63, 3.8) is 0 Å². The highest BCUT2D eigenvalue weighted by molar-refractivity contribution is 6.05. The van der Waals surface area contributed by atoms with Gasteiger partial charge in [0.15, 0.2) is 0 Å². The second-order valence-electron chi connectivity index (χ2n) is 5.66. The summed E-state index contributed by atoms with van der Waals surface area (Å²) in [5.74, 6) is 0.305. The molecule has 21 heavy (non-hydrogen) atoms. The number of likely N-dealkylation sites (N-methyl/N-ethyl adjacent to an activating group) is 1. The summed E-state index contributed by atoms with van der Waals surface area (Å²) in [6.07, 6.45) is 1.86. The van der Waals surface area contributed by atoms with Gasteiger partial charge in [-0.25, -0.2) is 0 Å². The highest BCUT2D eigenvalue weighted by atomic mass is 16.5. The summed E-state index contributed by atoms with van der Waals surface area (Å²) in [5, 5.41) is 4.09. The van der Waals surface area contributed by atoms with Crippen molar-refractivity contribution in [2.75, 3.05) is 39.9 Å². The third kappa shape index (κ3) is 3.25. The maximum absolute atomic E-state index is 12.4. The number of aromatic nitrogens is 1. The van der Waals surface area contributed by atoms with Crippen LogP contribution in [0.2, 0.25) is 0 Å². The Bertz CT molecular complexity index is 623. The lowest BCUT2D eigenvalue weighted by atomic mass is 10.1. The predicted octanol–water partition coefficient (Wildman–Crippen LogP) is 1.48. The van der Waals surface area contributed by atoms with Crippen molar-refractivity contribution in [1.82, 2.24) is 15.2 Å². The highest BCUT2D eigenvalue weighted by Crippen LogP contribution is 2.16. The minimum atomic E-state index is -0.0325. The summed E-state index contributed by atoms with van der Waals surface area (Å²) in [6.45, 7) is 4.01. The molecule has 2 N–H and O–H groups in total. The number of carbonyl (C=O) groups excluding carboxylic acids is 1. The number of rotatable bonds is 3. The van der Waals surface area contributed by atoms with Crippen LogP contribution in [0.15, 0.2) is 30.5 Å². The van der Waals surface area contributed by atoms with Gasteiger partial charge in [-0.3, -0.25) is 4.79 Å². The van der Waals surface area contributed by atoms with Crippen LogP contribution in [0.4, 0.5) is 0 Å². The number of hydrogen-bond acceptors (Lipinski definition) is 3. The number of amides is 1. The summed E-state index contributed by atoms with van der Waals surface area (Å²) in [5.41, 5.74) is 1.59. The van der Waals surface area contributed by atoms with Gasteiger partial charge in [-0.05, 0) is 19.2 Å². The molecule has 0 unspecified atom stereocenters. The third-order valence-corrected chi connectivity index (χ3v) is 3.92. The van der Waals surface area contributed by atoms with Gasteiger partial charge in [0.25, 0.3) is 5.91 Å². The normalized spacial score (nSPS) is 20.3. The van der Waals surface area contributed by atoms with Gasteiger partial charge in [0.2, 0.25) is 0 Å². The fraction of sp³-hybridized carbons (Fsp3) is 0.438. The molecule has 1 aliphatic heterocycles. The smallest absolute Gasteiger partial charge is 0.253 e. The molecule has 1 aliphatic rings. The molecule has 1 atom stereocenters. The number of ether oxygens (including phenoxy) is 1. The first-order chi connectivity index (χ1) is 10.2. The van der Waals surface area contributed by atoms with Gasteiger partial charge in [0.1, 0.15) is 0 Å². The Morgan fingerprint density at radius 3 is 3.29 bits per heavy atom. The molecule has 0 aliphatic carbocycles. The Morgan fingerprint density at radius 2 is 2.38 bits per heavy atom. The van der Waals surface area contributed by atoms with Crippen molar-refractivity contribution in [3.05, 3.63) is 36.0 Å². The van der Waals surface area contributed by atoms with Crippen LogP contribution < -0.4 is 5.32 Å². The Morgan fingerprint density at radius 1 is 1.48 bits per heavy atom. The molecule has 5 nitrogen and oxygen atoms in total. The number of H-pyrrole nitrogens is 1. The van der Waals surface area contributed by atoms with E-state index in [9.17, 15) is 4.79 Å². The average molecular weight is 287 g/mol. The van der Waals surface area contributed by atoms with Gasteiger partial charge in [-0.1, -0.05) is 12.1 Å². The van der Waals surface area contributed by atoms with Crippen LogP contribution in [0, 0.1) is 5.92 Å². The topological polar surface area (TPSA) is 57.4 Å². The van der Waals surface area contributed by atoms with Gasteiger partial charge in [-0.2, -0.15) is 0 Å². The lowest BCUT2D eigenvalue weighted by Gasteiger charge is -2.19. The molecular formula is C16H21N3O2. The monoisotopic (exact) mass is 287 g/mol. The molecular weight excluding hydrogens is 266 g/mol. The van der Waals surface area contributed by atoms with Crippen LogP contribution in [0.25, 0.3) is 10.9 Å². The van der Waals surface area contributed by atoms with E-state index in [4.69, 9.17) is 4.74 Å². The quantitative estimate of drug-likeness (QED) is 0.899. The zero-order valence-electron chi connectivity index (χ0n) is 12.3. The Kier molecular flexibility index (Phi) is 4.22. The van der Waals surface area contributed by atoms with Crippen molar-refractivity contribution in [2.45, 2.75) is 0 Å². The number of carbonyl (C=O) groups is 1. The van der Waals surface area contributed by atoms with Gasteiger partial charge >= 0.3 is 0 Å². The minimum Gasteiger partial charge on any atom is -0.380 e. The van der Waals surface area contributed by atoms with E-state index in [0.29, 0.717) is 24.6 Å². The number of nitrogens with zero attached hydrogens (tertiary/aromatic N) is 1. The van der Waals surface area contributed by atoms with Crippen molar-refractivity contribution in [3.8, 4) is 0 Å². The van der Waals surface area contributed by atoms with Crippen molar-refractivity contribution in [1.29, 1.82) is 0 Å². The Hall–Kier alpha value is -1.85. The summed E-state index contributed by atoms with van der Waals surface area (Å²) in [6, 6.07) is 7.73. The second-order valence-corrected chi connectivity index (χ2v) is 5.66. The van der Waals surface area contributed by atoms with Crippen LogP contribution in [-0.4, -0.2) is 55.7 Å². The van der Waals surface area contributed by atoms with Crippen LogP contribution >= 0.6 is 0 Å². The first-order valence-electron chi connectivity index (χ1n) is 7.34. The van der Waals surface area contributed by atoms with Crippen LogP contribution in [0.3, 0.4) is 0 Å². The van der Waals surface area contributed by atoms with Crippen molar-refractivity contribution < 1.29 is 9.53 Å². The number of hydrogen-bond donors (Lipinski definition) is 2. The first-order valence-corrected chi connectivity index (χ1v) is 7.34. The Labute approximate surface area is 124 Å².